The number of hydrogen-bond acceptors (Lipinski definition) is 8. The van der Waals surface area contributed by atoms with Crippen LogP contribution >= 0.6 is 0 Å². The Kier molecular flexibility index (Phi) is 11.5. The number of piperazine rings is 1. The first kappa shape index (κ1) is 36.8. The number of benzene rings is 2. The maximum atomic E-state index is 15.0. The zero-order valence-electron chi connectivity index (χ0n) is 30.0. The predicted octanol–water partition coefficient (Wildman–Crippen LogP) is 5.40. The van der Waals surface area contributed by atoms with Crippen LogP contribution in [0.5, 0.6) is 5.75 Å². The van der Waals surface area contributed by atoms with Crippen LogP contribution in [0.15, 0.2) is 42.6 Å². The third-order valence-electron chi connectivity index (χ3n) is 8.89. The number of aryl methyl sites for hydroxylation is 3. The molecule has 12 nitrogen and oxygen atoms in total. The SMILES string of the molecule is Cc1ccc([C@@H](CN2CCN(C(=O)OC(C)(C)C)[C@H](C)C2)Oc2cc(C)c(C(=O)Nc3ccn(C)n3)cc2C(=O)NC[C@@H]2CCCO2)cc1F. The first-order valence-electron chi connectivity index (χ1n) is 17.2. The molecule has 50 heavy (non-hydrogen) atoms. The number of nitrogens with zero attached hydrogens (tertiary/aromatic N) is 4. The molecule has 0 bridgehead atoms. The Hall–Kier alpha value is -4.49. The molecule has 5 rings (SSSR count). The highest BCUT2D eigenvalue weighted by Crippen LogP contribution is 2.31. The van der Waals surface area contributed by atoms with E-state index in [0.717, 1.165) is 12.8 Å². The Balaban J connectivity index is 1.43. The smallest absolute Gasteiger partial charge is 0.410 e. The highest BCUT2D eigenvalue weighted by molar-refractivity contribution is 6.07. The number of aromatic nitrogens is 2. The van der Waals surface area contributed by atoms with Crippen LogP contribution in [0.3, 0.4) is 0 Å². The van der Waals surface area contributed by atoms with Gasteiger partial charge in [-0.15, -0.1) is 0 Å². The van der Waals surface area contributed by atoms with E-state index in [9.17, 15) is 18.8 Å². The standard InChI is InChI=1S/C37H49FN6O6/c1-23-10-11-26(18-30(23)38)32(22-43-14-15-44(25(3)21-43)36(47)50-37(4,5)6)49-31-17-24(2)28(35(46)40-33-12-13-42(7)41-33)19-29(31)34(45)39-20-27-9-8-16-48-27/h10-13,17-19,25,27,32H,8-9,14-16,20-22H2,1-7H3,(H,39,45)(H,40,41,46)/t25-,27+,32-/m1/s1. The fourth-order valence-corrected chi connectivity index (χ4v) is 6.17. The van der Waals surface area contributed by atoms with Gasteiger partial charge in [0, 0.05) is 70.2 Å². The molecule has 2 aliphatic rings. The number of anilines is 1. The number of ether oxygens (including phenoxy) is 3. The lowest BCUT2D eigenvalue weighted by molar-refractivity contribution is -0.00301. The first-order chi connectivity index (χ1) is 23.7. The molecule has 3 atom stereocenters. The number of rotatable bonds is 10. The summed E-state index contributed by atoms with van der Waals surface area (Å²) in [6.45, 7) is 13.8. The third-order valence-corrected chi connectivity index (χ3v) is 8.89. The Bertz CT molecular complexity index is 1700. The van der Waals surface area contributed by atoms with E-state index in [1.807, 2.05) is 33.8 Å². The van der Waals surface area contributed by atoms with Crippen LogP contribution in [0.25, 0.3) is 0 Å². The summed E-state index contributed by atoms with van der Waals surface area (Å²) in [6, 6.07) is 9.72. The maximum absolute atomic E-state index is 15.0. The molecule has 2 aromatic carbocycles. The average molecular weight is 693 g/mol. The van der Waals surface area contributed by atoms with Crippen molar-refractivity contribution >= 4 is 23.7 Å². The van der Waals surface area contributed by atoms with Gasteiger partial charge in [0.05, 0.1) is 11.7 Å². The number of hydrogen-bond donors (Lipinski definition) is 2. The van der Waals surface area contributed by atoms with Gasteiger partial charge in [0.1, 0.15) is 23.3 Å². The van der Waals surface area contributed by atoms with Gasteiger partial charge >= 0.3 is 6.09 Å². The van der Waals surface area contributed by atoms with Gasteiger partial charge in [-0.3, -0.25) is 19.2 Å². The highest BCUT2D eigenvalue weighted by Gasteiger charge is 2.33. The van der Waals surface area contributed by atoms with Crippen molar-refractivity contribution in [2.45, 2.75) is 78.2 Å². The summed E-state index contributed by atoms with van der Waals surface area (Å²) in [6.07, 6.45) is 2.34. The van der Waals surface area contributed by atoms with Gasteiger partial charge in [0.25, 0.3) is 11.8 Å². The minimum absolute atomic E-state index is 0.0923. The van der Waals surface area contributed by atoms with Crippen LogP contribution < -0.4 is 15.4 Å². The predicted molar refractivity (Wildman–Crippen MR) is 187 cm³/mol. The Labute approximate surface area is 293 Å². The molecule has 2 fully saturated rings. The lowest BCUT2D eigenvalue weighted by atomic mass is 10.0. The fraction of sp³-hybridized carbons (Fsp3) is 0.514. The molecule has 0 radical (unpaired) electrons. The second-order valence-electron chi connectivity index (χ2n) is 14.2. The topological polar surface area (TPSA) is 127 Å². The van der Waals surface area contributed by atoms with Crippen LogP contribution in [-0.2, 0) is 16.5 Å². The monoisotopic (exact) mass is 692 g/mol. The first-order valence-corrected chi connectivity index (χ1v) is 17.2. The number of amides is 3. The molecule has 2 aliphatic heterocycles. The van der Waals surface area contributed by atoms with E-state index in [1.54, 1.807) is 54.9 Å². The van der Waals surface area contributed by atoms with Gasteiger partial charge in [-0.25, -0.2) is 9.18 Å². The van der Waals surface area contributed by atoms with Crippen molar-refractivity contribution < 1.29 is 33.0 Å². The molecule has 0 aliphatic carbocycles. The van der Waals surface area contributed by atoms with Gasteiger partial charge in [-0.2, -0.15) is 5.10 Å². The fourth-order valence-electron chi connectivity index (χ4n) is 6.17. The molecule has 2 N–H and O–H groups in total. The summed E-state index contributed by atoms with van der Waals surface area (Å²) in [5.41, 5.74) is 1.52. The van der Waals surface area contributed by atoms with Crippen molar-refractivity contribution in [3.8, 4) is 5.75 Å². The highest BCUT2D eigenvalue weighted by atomic mass is 19.1. The van der Waals surface area contributed by atoms with E-state index >= 15 is 0 Å². The summed E-state index contributed by atoms with van der Waals surface area (Å²) in [5, 5.41) is 9.99. The van der Waals surface area contributed by atoms with Crippen molar-refractivity contribution in [3.05, 3.63) is 76.2 Å². The Morgan fingerprint density at radius 2 is 1.84 bits per heavy atom. The van der Waals surface area contributed by atoms with E-state index in [-0.39, 0.29) is 40.9 Å². The lowest BCUT2D eigenvalue weighted by Gasteiger charge is -2.41. The van der Waals surface area contributed by atoms with Crippen LogP contribution in [0.4, 0.5) is 15.0 Å². The zero-order chi connectivity index (χ0) is 36.2. The summed E-state index contributed by atoms with van der Waals surface area (Å²) >= 11 is 0. The molecule has 3 heterocycles. The van der Waals surface area contributed by atoms with Crippen molar-refractivity contribution in [2.75, 3.05) is 44.6 Å². The van der Waals surface area contributed by atoms with Crippen molar-refractivity contribution in [3.63, 3.8) is 0 Å². The minimum Gasteiger partial charge on any atom is -0.484 e. The van der Waals surface area contributed by atoms with E-state index in [2.05, 4.69) is 20.6 Å². The zero-order valence-corrected chi connectivity index (χ0v) is 30.0. The largest absolute Gasteiger partial charge is 0.484 e. The van der Waals surface area contributed by atoms with Crippen LogP contribution in [0.2, 0.25) is 0 Å². The molecule has 3 aromatic rings. The number of carbonyl (C=O) groups excluding carboxylic acids is 3. The van der Waals surface area contributed by atoms with Gasteiger partial charge in [-0.1, -0.05) is 12.1 Å². The average Bonchev–Trinajstić information content (AvgIpc) is 3.71. The quantitative estimate of drug-likeness (QED) is 0.290. The second kappa shape index (κ2) is 15.6. The van der Waals surface area contributed by atoms with E-state index in [4.69, 9.17) is 14.2 Å². The van der Waals surface area contributed by atoms with Gasteiger partial charge in [0.15, 0.2) is 5.82 Å². The Morgan fingerprint density at radius 1 is 1.06 bits per heavy atom. The molecular formula is C37H49FN6O6. The lowest BCUT2D eigenvalue weighted by Crippen LogP contribution is -2.55. The van der Waals surface area contributed by atoms with Gasteiger partial charge in [0.2, 0.25) is 0 Å². The summed E-state index contributed by atoms with van der Waals surface area (Å²) < 4.78 is 34.6. The minimum atomic E-state index is -0.692. The summed E-state index contributed by atoms with van der Waals surface area (Å²) in [4.78, 5) is 44.0. The van der Waals surface area contributed by atoms with Gasteiger partial charge < -0.3 is 29.7 Å². The third kappa shape index (κ3) is 9.39. The molecular weight excluding hydrogens is 643 g/mol. The number of nitrogens with one attached hydrogen (secondary N) is 2. The van der Waals surface area contributed by atoms with Gasteiger partial charge in [-0.05, 0) is 89.3 Å². The molecule has 270 valence electrons. The van der Waals surface area contributed by atoms with Crippen LogP contribution in [0.1, 0.15) is 84.0 Å². The number of halogens is 1. The molecule has 13 heteroatoms. The van der Waals surface area contributed by atoms with Crippen LogP contribution in [-0.4, -0.2) is 94.6 Å². The molecule has 2 saturated heterocycles. The molecule has 0 unspecified atom stereocenters. The normalized spacial score (nSPS) is 18.8. The van der Waals surface area contributed by atoms with E-state index in [0.29, 0.717) is 61.8 Å². The van der Waals surface area contributed by atoms with E-state index in [1.165, 1.54) is 12.1 Å². The molecule has 1 aromatic heterocycles. The summed E-state index contributed by atoms with van der Waals surface area (Å²) in [7, 11) is 1.75. The van der Waals surface area contributed by atoms with Crippen molar-refractivity contribution in [2.24, 2.45) is 7.05 Å². The Morgan fingerprint density at radius 3 is 2.48 bits per heavy atom. The number of carbonyl (C=O) groups is 3. The molecule has 0 saturated carbocycles. The molecule has 0 spiro atoms. The van der Waals surface area contributed by atoms with E-state index < -0.39 is 23.5 Å². The maximum Gasteiger partial charge on any atom is 0.410 e. The van der Waals surface area contributed by atoms with Crippen molar-refractivity contribution in [1.29, 1.82) is 0 Å². The molecule has 3 amide bonds. The van der Waals surface area contributed by atoms with Crippen LogP contribution in [0, 0.1) is 19.7 Å². The second-order valence-corrected chi connectivity index (χ2v) is 14.2. The summed E-state index contributed by atoms with van der Waals surface area (Å²) in [5.74, 6) is -0.575. The van der Waals surface area contributed by atoms with Crippen molar-refractivity contribution in [1.82, 2.24) is 24.9 Å².